The molecule has 0 spiro atoms. The number of furan rings is 1. The van der Waals surface area contributed by atoms with Crippen molar-refractivity contribution >= 4 is 15.9 Å². The number of sulfonamides is 1. The predicted octanol–water partition coefficient (Wildman–Crippen LogP) is 2.19. The first kappa shape index (κ1) is 17.5. The third-order valence-electron chi connectivity index (χ3n) is 5.48. The molecular weight excluding hydrogens is 328 g/mol. The van der Waals surface area contributed by atoms with E-state index in [1.54, 1.807) is 4.31 Å². The number of nitrogens with zero attached hydrogens (tertiary/aromatic N) is 1. The molecule has 2 aliphatic rings. The molecule has 0 aromatic carbocycles. The number of aryl methyl sites for hydroxylation is 1. The summed E-state index contributed by atoms with van der Waals surface area (Å²) in [5.74, 6) is 1.56. The zero-order valence-corrected chi connectivity index (χ0v) is 15.2. The van der Waals surface area contributed by atoms with Crippen molar-refractivity contribution in [3.63, 3.8) is 0 Å². The maximum atomic E-state index is 13.0. The standard InChI is InChI=1S/C17H26N2O4S/c1-3-19-15-6-4-5-9-17(15,10-11-24(19,21)22)16(20)18-12-14-8-7-13(2)23-14/h7-8,15H,3-6,9-12H2,1-2H3,(H,18,20)/t15-,17-/m1/s1. The van der Waals surface area contributed by atoms with Gasteiger partial charge in [-0.1, -0.05) is 19.8 Å². The summed E-state index contributed by atoms with van der Waals surface area (Å²) in [5, 5.41) is 2.99. The summed E-state index contributed by atoms with van der Waals surface area (Å²) in [6, 6.07) is 3.51. The molecule has 0 radical (unpaired) electrons. The maximum Gasteiger partial charge on any atom is 0.228 e. The zero-order valence-electron chi connectivity index (χ0n) is 14.4. The minimum absolute atomic E-state index is 0.0328. The van der Waals surface area contributed by atoms with E-state index in [-0.39, 0.29) is 17.7 Å². The largest absolute Gasteiger partial charge is 0.465 e. The number of rotatable bonds is 4. The van der Waals surface area contributed by atoms with E-state index in [2.05, 4.69) is 5.32 Å². The van der Waals surface area contributed by atoms with E-state index >= 15 is 0 Å². The van der Waals surface area contributed by atoms with Crippen molar-refractivity contribution in [2.75, 3.05) is 12.3 Å². The number of amides is 1. The van der Waals surface area contributed by atoms with Crippen LogP contribution < -0.4 is 5.32 Å². The molecule has 2 heterocycles. The van der Waals surface area contributed by atoms with Gasteiger partial charge in [-0.05, 0) is 38.3 Å². The van der Waals surface area contributed by atoms with E-state index in [4.69, 9.17) is 4.42 Å². The maximum absolute atomic E-state index is 13.0. The van der Waals surface area contributed by atoms with Gasteiger partial charge in [0.1, 0.15) is 11.5 Å². The Morgan fingerprint density at radius 2 is 2.17 bits per heavy atom. The summed E-state index contributed by atoms with van der Waals surface area (Å²) >= 11 is 0. The van der Waals surface area contributed by atoms with Gasteiger partial charge in [0.05, 0.1) is 17.7 Å². The summed E-state index contributed by atoms with van der Waals surface area (Å²) in [6.45, 7) is 4.50. The van der Waals surface area contributed by atoms with Crippen molar-refractivity contribution in [2.24, 2.45) is 5.41 Å². The van der Waals surface area contributed by atoms with E-state index in [9.17, 15) is 13.2 Å². The molecule has 1 aliphatic carbocycles. The van der Waals surface area contributed by atoms with Crippen LogP contribution in [0.5, 0.6) is 0 Å². The SMILES string of the molecule is CCN1[C@@H]2CCCC[C@@]2(C(=O)NCc2ccc(C)o2)CCS1(=O)=O. The highest BCUT2D eigenvalue weighted by molar-refractivity contribution is 7.89. The third kappa shape index (κ3) is 2.99. The fourth-order valence-electron chi connectivity index (χ4n) is 4.27. The van der Waals surface area contributed by atoms with Crippen LogP contribution in [0.25, 0.3) is 0 Å². The number of hydrogen-bond acceptors (Lipinski definition) is 4. The van der Waals surface area contributed by atoms with Gasteiger partial charge >= 0.3 is 0 Å². The van der Waals surface area contributed by atoms with E-state index in [0.717, 1.165) is 37.2 Å². The summed E-state index contributed by atoms with van der Waals surface area (Å²) in [7, 11) is -3.24. The number of carbonyl (C=O) groups is 1. The van der Waals surface area contributed by atoms with Crippen molar-refractivity contribution in [1.29, 1.82) is 0 Å². The Morgan fingerprint density at radius 3 is 2.83 bits per heavy atom. The second kappa shape index (κ2) is 6.52. The van der Waals surface area contributed by atoms with Gasteiger partial charge in [0.2, 0.25) is 15.9 Å². The lowest BCUT2D eigenvalue weighted by molar-refractivity contribution is -0.137. The second-order valence-electron chi connectivity index (χ2n) is 6.88. The van der Waals surface area contributed by atoms with Gasteiger partial charge in [-0.3, -0.25) is 4.79 Å². The molecule has 1 N–H and O–H groups in total. The zero-order chi connectivity index (χ0) is 17.4. The van der Waals surface area contributed by atoms with Gasteiger partial charge in [-0.15, -0.1) is 0 Å². The summed E-state index contributed by atoms with van der Waals surface area (Å²) < 4.78 is 31.9. The molecule has 24 heavy (non-hydrogen) atoms. The molecule has 1 aliphatic heterocycles. The first-order chi connectivity index (χ1) is 11.4. The first-order valence-electron chi connectivity index (χ1n) is 8.72. The molecule has 6 nitrogen and oxygen atoms in total. The Hall–Kier alpha value is -1.34. The second-order valence-corrected chi connectivity index (χ2v) is 8.92. The number of carbonyl (C=O) groups excluding carboxylic acids is 1. The van der Waals surface area contributed by atoms with Crippen LogP contribution in [0.3, 0.4) is 0 Å². The smallest absolute Gasteiger partial charge is 0.228 e. The molecule has 1 aromatic heterocycles. The molecule has 0 bridgehead atoms. The Balaban J connectivity index is 1.81. The van der Waals surface area contributed by atoms with Crippen LogP contribution in [0.2, 0.25) is 0 Å². The lowest BCUT2D eigenvalue weighted by atomic mass is 9.67. The number of nitrogens with one attached hydrogen (secondary N) is 1. The molecule has 0 unspecified atom stereocenters. The van der Waals surface area contributed by atoms with Gasteiger partial charge in [0.15, 0.2) is 0 Å². The topological polar surface area (TPSA) is 79.6 Å². The van der Waals surface area contributed by atoms with Crippen LogP contribution in [0.15, 0.2) is 16.5 Å². The Morgan fingerprint density at radius 1 is 1.38 bits per heavy atom. The fourth-order valence-corrected chi connectivity index (χ4v) is 6.22. The summed E-state index contributed by atoms with van der Waals surface area (Å²) in [5.41, 5.74) is -0.596. The molecule has 134 valence electrons. The third-order valence-corrected chi connectivity index (χ3v) is 7.43. The summed E-state index contributed by atoms with van der Waals surface area (Å²) in [6.07, 6.45) is 3.89. The Labute approximate surface area is 143 Å². The van der Waals surface area contributed by atoms with Gasteiger partial charge < -0.3 is 9.73 Å². The van der Waals surface area contributed by atoms with E-state index < -0.39 is 15.4 Å². The molecule has 3 rings (SSSR count). The van der Waals surface area contributed by atoms with E-state index in [1.165, 1.54) is 0 Å². The lowest BCUT2D eigenvalue weighted by Crippen LogP contribution is -2.62. The fraction of sp³-hybridized carbons (Fsp3) is 0.706. The van der Waals surface area contributed by atoms with E-state index in [1.807, 2.05) is 26.0 Å². The molecule has 2 fully saturated rings. The van der Waals surface area contributed by atoms with Gasteiger partial charge in [0, 0.05) is 12.6 Å². The predicted molar refractivity (Wildman–Crippen MR) is 90.8 cm³/mol. The average Bonchev–Trinajstić information content (AvgIpc) is 2.97. The van der Waals surface area contributed by atoms with Crippen LogP contribution in [-0.4, -0.2) is 37.0 Å². The quantitative estimate of drug-likeness (QED) is 0.899. The van der Waals surface area contributed by atoms with Crippen LogP contribution in [0.1, 0.15) is 50.5 Å². The lowest BCUT2D eigenvalue weighted by Gasteiger charge is -2.50. The average molecular weight is 354 g/mol. The highest BCUT2D eigenvalue weighted by Gasteiger charge is 2.54. The highest BCUT2D eigenvalue weighted by Crippen LogP contribution is 2.46. The van der Waals surface area contributed by atoms with Gasteiger partial charge in [-0.2, -0.15) is 4.31 Å². The molecule has 1 saturated heterocycles. The normalized spacial score (nSPS) is 29.8. The number of hydrogen-bond donors (Lipinski definition) is 1. The van der Waals surface area contributed by atoms with E-state index in [0.29, 0.717) is 19.5 Å². The Kier molecular flexibility index (Phi) is 4.75. The number of fused-ring (bicyclic) bond motifs is 1. The monoisotopic (exact) mass is 354 g/mol. The molecule has 2 atom stereocenters. The molecule has 1 amide bonds. The van der Waals surface area contributed by atoms with Crippen molar-refractivity contribution in [3.8, 4) is 0 Å². The minimum Gasteiger partial charge on any atom is -0.465 e. The van der Waals surface area contributed by atoms with Crippen LogP contribution >= 0.6 is 0 Å². The highest BCUT2D eigenvalue weighted by atomic mass is 32.2. The molecule has 1 aromatic rings. The Bertz CT molecular complexity index is 712. The molecule has 7 heteroatoms. The van der Waals surface area contributed by atoms with Crippen molar-refractivity contribution in [1.82, 2.24) is 9.62 Å². The summed E-state index contributed by atoms with van der Waals surface area (Å²) in [4.78, 5) is 13.0. The van der Waals surface area contributed by atoms with Gasteiger partial charge in [-0.25, -0.2) is 8.42 Å². The molecule has 1 saturated carbocycles. The first-order valence-corrected chi connectivity index (χ1v) is 10.3. The van der Waals surface area contributed by atoms with Crippen molar-refractivity contribution in [3.05, 3.63) is 23.7 Å². The van der Waals surface area contributed by atoms with Crippen LogP contribution in [-0.2, 0) is 21.4 Å². The van der Waals surface area contributed by atoms with Crippen LogP contribution in [0, 0.1) is 12.3 Å². The minimum atomic E-state index is -3.24. The molecular formula is C17H26N2O4S. The van der Waals surface area contributed by atoms with Crippen molar-refractivity contribution < 1.29 is 17.6 Å². The van der Waals surface area contributed by atoms with Gasteiger partial charge in [0.25, 0.3) is 0 Å². The van der Waals surface area contributed by atoms with Crippen LogP contribution in [0.4, 0.5) is 0 Å². The van der Waals surface area contributed by atoms with Crippen molar-refractivity contribution in [2.45, 2.75) is 58.5 Å².